The third kappa shape index (κ3) is 5220. The second-order valence-corrected chi connectivity index (χ2v) is 1.47. The van der Waals surface area contributed by atoms with Gasteiger partial charge in [0.05, 0.1) is 0 Å². The molecule has 0 saturated carbocycles. The van der Waals surface area contributed by atoms with Crippen molar-refractivity contribution in [1.82, 2.24) is 0 Å². The van der Waals surface area contributed by atoms with Crippen molar-refractivity contribution in [2.24, 2.45) is 0 Å². The van der Waals surface area contributed by atoms with Gasteiger partial charge in [0, 0.05) is 0 Å². The van der Waals surface area contributed by atoms with Crippen molar-refractivity contribution in [3.63, 3.8) is 0 Å². The van der Waals surface area contributed by atoms with Crippen molar-refractivity contribution in [1.29, 1.82) is 0 Å². The number of hydrogen-bond donors (Lipinski definition) is 0. The van der Waals surface area contributed by atoms with Gasteiger partial charge in [-0.2, -0.15) is 0 Å². The number of hydrogen-bond acceptors (Lipinski definition) is 1. The molecule has 74 valence electrons. The van der Waals surface area contributed by atoms with Crippen LogP contribution in [0, 0.1) is 33.3 Å². The first-order chi connectivity index (χ1) is 6.91. The molecule has 0 aliphatic heterocycles. The molecule has 8 heteroatoms. The second-order valence-electron chi connectivity index (χ2n) is 0.257. The van der Waals surface area contributed by atoms with Crippen molar-refractivity contribution in [2.45, 2.75) is 0 Å². The molecule has 0 fully saturated rings. The summed E-state index contributed by atoms with van der Waals surface area (Å²) in [7, 11) is 2.51. The van der Waals surface area contributed by atoms with Crippen LogP contribution in [0.5, 0.6) is 0 Å². The molecular weight excluding hydrogens is 251 g/mol. The Labute approximate surface area is 90.9 Å². The molecule has 0 rings (SSSR count). The zero-order chi connectivity index (χ0) is 13.4. The molecule has 0 bridgehead atoms. The van der Waals surface area contributed by atoms with Crippen molar-refractivity contribution >= 4 is 7.01 Å². The molecule has 0 spiro atoms. The van der Waals surface area contributed by atoms with E-state index in [9.17, 15) is 0 Å². The predicted molar refractivity (Wildman–Crippen MR) is 33.6 cm³/mol. The maximum absolute atomic E-state index is 7.50. The Morgan fingerprint density at radius 1 is 0.786 bits per heavy atom. The van der Waals surface area contributed by atoms with Crippen LogP contribution < -0.4 is 0 Å². The van der Waals surface area contributed by atoms with Gasteiger partial charge in [-0.15, -0.1) is 0 Å². The first-order valence-electron chi connectivity index (χ1n) is 1.79. The van der Waals surface area contributed by atoms with Gasteiger partial charge < -0.3 is 0 Å². The first-order valence-corrected chi connectivity index (χ1v) is 4.23. The third-order valence-corrected chi connectivity index (χ3v) is 0.922. The zero-order valence-corrected chi connectivity index (χ0v) is 8.97. The molecule has 0 unspecified atom stereocenters. The average molecular weight is 254 g/mol. The fraction of sp³-hybridized carbons (Fsp3) is 0.167. The van der Waals surface area contributed by atoms with Crippen molar-refractivity contribution in [3.05, 3.63) is 33.3 Å². The second kappa shape index (κ2) is 741. The average Bonchev–Trinajstić information content (AvgIpc) is 2.41. The molecule has 0 saturated heterocycles. The van der Waals surface area contributed by atoms with Gasteiger partial charge in [-0.1, -0.05) is 0 Å². The quantitative estimate of drug-likeness (QED) is 0.384. The van der Waals surface area contributed by atoms with Crippen LogP contribution in [-0.2, 0) is 43.2 Å². The Morgan fingerprint density at radius 2 is 0.857 bits per heavy atom. The fourth-order valence-corrected chi connectivity index (χ4v) is 0. The standard InChI is InChI=1S/CH3OP.5CO.Cr/c1-2-3;5*1-2;/h1H3;;;;;;. The maximum atomic E-state index is 7.50. The molecule has 0 aromatic carbocycles. The Bertz CT molecular complexity index is 123. The summed E-state index contributed by atoms with van der Waals surface area (Å²) in [5.74, 6) is 0. The van der Waals surface area contributed by atoms with E-state index in [1.807, 2.05) is 0 Å². The van der Waals surface area contributed by atoms with Crippen LogP contribution in [0.1, 0.15) is 0 Å². The van der Waals surface area contributed by atoms with E-state index in [0.717, 1.165) is 7.01 Å². The van der Waals surface area contributed by atoms with Crippen molar-refractivity contribution in [2.75, 3.05) is 7.11 Å². The van der Waals surface area contributed by atoms with E-state index < -0.39 is 0 Å². The summed E-state index contributed by atoms with van der Waals surface area (Å²) < 4.78 is 42.0. The van der Waals surface area contributed by atoms with Crippen molar-refractivity contribution in [3.8, 4) is 0 Å². The van der Waals surface area contributed by atoms with E-state index in [0.29, 0.717) is 0 Å². The van der Waals surface area contributed by atoms with E-state index in [1.54, 1.807) is 7.11 Å². The summed E-state index contributed by atoms with van der Waals surface area (Å²) in [4.78, 5) is 0. The van der Waals surface area contributed by atoms with Gasteiger partial charge >= 0.3 is 90.5 Å². The Hall–Kier alpha value is -0.508. The SMILES string of the molecule is CO[P]=[Cr].[C-]#[O+].[C-]#[O+].[C-]#[O+].[C-]#[O+].[C-]#[O+]. The van der Waals surface area contributed by atoms with E-state index >= 15 is 0 Å². The monoisotopic (exact) mass is 254 g/mol. The van der Waals surface area contributed by atoms with Gasteiger partial charge in [-0.05, 0) is 0 Å². The van der Waals surface area contributed by atoms with Gasteiger partial charge in [0.15, 0.2) is 0 Å². The fourth-order valence-electron chi connectivity index (χ4n) is 0. The van der Waals surface area contributed by atoms with E-state index in [4.69, 9.17) is 23.3 Å². The van der Waals surface area contributed by atoms with Crippen LogP contribution in [0.15, 0.2) is 0 Å². The van der Waals surface area contributed by atoms with Crippen LogP contribution in [0.4, 0.5) is 0 Å². The molecule has 0 aromatic heterocycles. The van der Waals surface area contributed by atoms with Gasteiger partial charge in [0.1, 0.15) is 0 Å². The van der Waals surface area contributed by atoms with Crippen LogP contribution in [0.2, 0.25) is 0 Å². The molecule has 0 amide bonds. The van der Waals surface area contributed by atoms with E-state index in [1.165, 1.54) is 0 Å². The number of rotatable bonds is 1. The van der Waals surface area contributed by atoms with Gasteiger partial charge in [-0.25, -0.2) is 0 Å². The van der Waals surface area contributed by atoms with Crippen LogP contribution in [0.25, 0.3) is 0 Å². The van der Waals surface area contributed by atoms with Gasteiger partial charge in [-0.3, -0.25) is 0 Å². The Morgan fingerprint density at radius 3 is 0.857 bits per heavy atom. The molecule has 0 aliphatic rings. The molecule has 0 atom stereocenters. The van der Waals surface area contributed by atoms with Crippen LogP contribution >= 0.6 is 7.01 Å². The summed E-state index contributed by atoms with van der Waals surface area (Å²) >= 11 is 2.64. The van der Waals surface area contributed by atoms with Crippen LogP contribution in [0.3, 0.4) is 0 Å². The molecule has 0 N–H and O–H groups in total. The van der Waals surface area contributed by atoms with Gasteiger partial charge in [0.25, 0.3) is 0 Å². The summed E-state index contributed by atoms with van der Waals surface area (Å²) in [5, 5.41) is 0. The van der Waals surface area contributed by atoms with Crippen LogP contribution in [-0.4, -0.2) is 7.11 Å². The van der Waals surface area contributed by atoms with E-state index in [2.05, 4.69) is 53.1 Å². The summed E-state index contributed by atoms with van der Waals surface area (Å²) in [6, 6.07) is 0. The minimum absolute atomic E-state index is 0.873. The molecule has 14 heavy (non-hydrogen) atoms. The molecule has 0 radical (unpaired) electrons. The normalized spacial score (nSPS) is 3.07. The summed E-state index contributed by atoms with van der Waals surface area (Å²) in [6.07, 6.45) is 0. The molecule has 0 aromatic rings. The molecular formula is C6H3CrO6P. The molecule has 0 heterocycles. The zero-order valence-electron chi connectivity index (χ0n) is 6.80. The van der Waals surface area contributed by atoms with Crippen molar-refractivity contribution < 1.29 is 43.2 Å². The molecule has 6 nitrogen and oxygen atoms in total. The minimum atomic E-state index is 0.873. The summed E-state index contributed by atoms with van der Waals surface area (Å²) in [6.45, 7) is 22.5. The van der Waals surface area contributed by atoms with E-state index in [-0.39, 0.29) is 0 Å². The summed E-state index contributed by atoms with van der Waals surface area (Å²) in [5.41, 5.74) is 0. The topological polar surface area (TPSA) is 109 Å². The molecule has 0 aliphatic carbocycles. The first kappa shape index (κ1) is 37.5. The third-order valence-electron chi connectivity index (χ3n) is 0.0745. The Balaban J connectivity index is -0.0000000143. The van der Waals surface area contributed by atoms with Gasteiger partial charge in [0.2, 0.25) is 0 Å². The predicted octanol–water partition coefficient (Wildman–Crippen LogP) is 0.768. The Kier molecular flexibility index (Phi) is 1980.